The zero-order valence-electron chi connectivity index (χ0n) is 16.8. The maximum Gasteiger partial charge on any atom is 0 e. The van der Waals surface area contributed by atoms with Crippen LogP contribution in [-0.2, 0) is 33.1 Å². The molecule has 0 spiro atoms. The van der Waals surface area contributed by atoms with E-state index in [0.29, 0.717) is 0 Å². The standard InChI is InChI=1S/C18H15P.C5H5.C2H6S.NO.Re/c1-4-10-16(11-5-1)19(17-12-6-2-7-13-17)18-14-8-3-9-15-18;1-2-4-5-3-1;1-2-3;1-2;/h1-15H;1-5H;3H,2H2,1H3;;/q;;;-1;/p-1. The molecule has 2 nitrogen and oxygen atoms in total. The Morgan fingerprint density at radius 3 is 1.00 bits per heavy atom. The number of benzene rings is 3. The van der Waals surface area contributed by atoms with Gasteiger partial charge in [-0.25, -0.2) is 0 Å². The summed E-state index contributed by atoms with van der Waals surface area (Å²) >= 11 is 4.39. The van der Waals surface area contributed by atoms with Gasteiger partial charge in [-0.1, -0.05) is 97.9 Å². The molecule has 30 heavy (non-hydrogen) atoms. The summed E-state index contributed by atoms with van der Waals surface area (Å²) in [6, 6.07) is 32.3. The van der Waals surface area contributed by atoms with Gasteiger partial charge in [0.1, 0.15) is 0 Å². The largest absolute Gasteiger partial charge is 0.793 e. The van der Waals surface area contributed by atoms with E-state index in [9.17, 15) is 0 Å². The van der Waals surface area contributed by atoms with Crippen molar-refractivity contribution >= 4 is 36.5 Å². The molecule has 0 aromatic heterocycles. The van der Waals surface area contributed by atoms with Gasteiger partial charge >= 0.3 is 0 Å². The number of hydrogen-bond donors (Lipinski definition) is 0. The third-order valence-electron chi connectivity index (χ3n) is 3.60. The summed E-state index contributed by atoms with van der Waals surface area (Å²) in [5.41, 5.74) is 5.75. The van der Waals surface area contributed by atoms with Gasteiger partial charge in [-0.2, -0.15) is 5.75 Å². The molecule has 0 atom stereocenters. The van der Waals surface area contributed by atoms with Crippen molar-refractivity contribution in [1.82, 2.24) is 0 Å². The van der Waals surface area contributed by atoms with E-state index in [1.54, 1.807) is 0 Å². The number of hydrogen-bond acceptors (Lipinski definition) is 2. The van der Waals surface area contributed by atoms with Gasteiger partial charge < -0.3 is 23.1 Å². The molecule has 0 bridgehead atoms. The van der Waals surface area contributed by atoms with Crippen molar-refractivity contribution in [2.24, 2.45) is 0 Å². The van der Waals surface area contributed by atoms with Gasteiger partial charge in [0.25, 0.3) is 0 Å². The van der Waals surface area contributed by atoms with Crippen LogP contribution in [-0.4, -0.2) is 5.75 Å². The molecular weight excluding hydrogens is 580 g/mol. The predicted octanol–water partition coefficient (Wildman–Crippen LogP) is 5.34. The Kier molecular flexibility index (Phi) is 18.8. The molecule has 1 fully saturated rings. The minimum absolute atomic E-state index is 0. The van der Waals surface area contributed by atoms with Crippen molar-refractivity contribution < 1.29 is 20.4 Å². The van der Waals surface area contributed by atoms with Crippen molar-refractivity contribution in [3.8, 4) is 0 Å². The molecule has 0 aliphatic heterocycles. The van der Waals surface area contributed by atoms with Gasteiger partial charge in [-0.05, 0) is 55.9 Å². The molecule has 1 aliphatic rings. The van der Waals surface area contributed by atoms with Gasteiger partial charge in [0, 0.05) is 20.4 Å². The molecular formula is C25H25NOPReS-2. The summed E-state index contributed by atoms with van der Waals surface area (Å²) < 4.78 is 0. The predicted molar refractivity (Wildman–Crippen MR) is 131 cm³/mol. The van der Waals surface area contributed by atoms with Gasteiger partial charge in [-0.3, -0.25) is 0 Å². The molecule has 156 valence electrons. The van der Waals surface area contributed by atoms with Crippen LogP contribution in [0.25, 0.3) is 5.59 Å². The first-order valence-electron chi connectivity index (χ1n) is 9.25. The van der Waals surface area contributed by atoms with Crippen LogP contribution in [0.1, 0.15) is 6.92 Å². The van der Waals surface area contributed by atoms with Crippen molar-refractivity contribution in [3.05, 3.63) is 134 Å². The van der Waals surface area contributed by atoms with Gasteiger partial charge in [0.05, 0.1) is 0 Å². The summed E-state index contributed by atoms with van der Waals surface area (Å²) in [7, 11) is -0.446. The smallest absolute Gasteiger partial charge is 0 e. The van der Waals surface area contributed by atoms with Crippen molar-refractivity contribution in [2.75, 3.05) is 5.75 Å². The quantitative estimate of drug-likeness (QED) is 0.299. The SMILES string of the molecule is CC[S-].[CH]1[CH][CH][CH][CH]1.[N-]=O.[Re].c1ccc(P(c2ccccc2)c2ccccc2)cc1. The first-order valence-corrected chi connectivity index (χ1v) is 11.2. The van der Waals surface area contributed by atoms with E-state index in [0.717, 1.165) is 5.75 Å². The van der Waals surface area contributed by atoms with Crippen LogP contribution in [0.15, 0.2) is 91.0 Å². The molecule has 5 heteroatoms. The molecule has 1 saturated carbocycles. The van der Waals surface area contributed by atoms with Gasteiger partial charge in [0.2, 0.25) is 0 Å². The Morgan fingerprint density at radius 2 is 0.800 bits per heavy atom. The van der Waals surface area contributed by atoms with E-state index in [1.807, 2.05) is 39.0 Å². The van der Waals surface area contributed by atoms with Crippen LogP contribution >= 0.6 is 7.92 Å². The van der Waals surface area contributed by atoms with Gasteiger partial charge in [-0.15, -0.1) is 0 Å². The van der Waals surface area contributed by atoms with Crippen molar-refractivity contribution in [3.63, 3.8) is 0 Å². The molecule has 0 unspecified atom stereocenters. The molecule has 0 heterocycles. The monoisotopic (exact) mass is 605 g/mol. The third-order valence-corrected chi connectivity index (χ3v) is 6.04. The Bertz CT molecular complexity index is 641. The van der Waals surface area contributed by atoms with E-state index < -0.39 is 7.92 Å². The Morgan fingerprint density at radius 1 is 0.600 bits per heavy atom. The van der Waals surface area contributed by atoms with E-state index in [2.05, 4.69) is 104 Å². The normalized spacial score (nSPS) is 11.4. The Labute approximate surface area is 202 Å². The van der Waals surface area contributed by atoms with Crippen LogP contribution in [0.2, 0.25) is 0 Å². The summed E-state index contributed by atoms with van der Waals surface area (Å²) in [5.74, 6) is 0.833. The van der Waals surface area contributed by atoms with E-state index in [4.69, 9.17) is 10.5 Å². The summed E-state index contributed by atoms with van der Waals surface area (Å²) in [6.07, 6.45) is 10.0. The van der Waals surface area contributed by atoms with Crippen LogP contribution in [0.4, 0.5) is 0 Å². The zero-order chi connectivity index (χ0) is 21.2. The molecule has 1 aliphatic carbocycles. The number of rotatable bonds is 3. The molecule has 0 amide bonds. The summed E-state index contributed by atoms with van der Waals surface area (Å²) in [6.45, 7) is 1.94. The molecule has 3 aromatic rings. The minimum Gasteiger partial charge on any atom is -0.793 e. The minimum atomic E-state index is -0.446. The second kappa shape index (κ2) is 19.7. The Balaban J connectivity index is 0.000000643. The topological polar surface area (TPSA) is 39.4 Å². The fourth-order valence-electron chi connectivity index (χ4n) is 2.50. The first-order chi connectivity index (χ1) is 14.4. The summed E-state index contributed by atoms with van der Waals surface area (Å²) in [5, 5.41) is 4.19. The summed E-state index contributed by atoms with van der Waals surface area (Å²) in [4.78, 5) is 7.25. The fourth-order valence-corrected chi connectivity index (χ4v) is 4.80. The fraction of sp³-hybridized carbons (Fsp3) is 0.0800. The second-order valence-electron chi connectivity index (χ2n) is 5.59. The van der Waals surface area contributed by atoms with Crippen LogP contribution < -0.4 is 15.9 Å². The van der Waals surface area contributed by atoms with Crippen LogP contribution in [0.5, 0.6) is 0 Å². The average Bonchev–Trinajstić information content (AvgIpc) is 3.39. The van der Waals surface area contributed by atoms with Crippen LogP contribution in [0, 0.1) is 37.0 Å². The average molecular weight is 605 g/mol. The maximum atomic E-state index is 7.25. The number of nitrogens with zero attached hydrogens (tertiary/aromatic N) is 1. The van der Waals surface area contributed by atoms with Crippen LogP contribution in [0.3, 0.4) is 0 Å². The molecule has 6 radical (unpaired) electrons. The van der Waals surface area contributed by atoms with E-state index in [1.165, 1.54) is 15.9 Å². The molecule has 4 rings (SSSR count). The van der Waals surface area contributed by atoms with E-state index in [-0.39, 0.29) is 20.4 Å². The van der Waals surface area contributed by atoms with Gasteiger partial charge in [0.15, 0.2) is 0 Å². The van der Waals surface area contributed by atoms with Crippen molar-refractivity contribution in [1.29, 1.82) is 0 Å². The Hall–Kier alpha value is -1.30. The second-order valence-corrected chi connectivity index (χ2v) is 8.39. The number of nitroso groups, excluding NO2 is 1. The first kappa shape index (κ1) is 28.7. The maximum absolute atomic E-state index is 7.25. The third kappa shape index (κ3) is 11.2. The van der Waals surface area contributed by atoms with Crippen molar-refractivity contribution in [2.45, 2.75) is 6.92 Å². The molecule has 0 saturated heterocycles. The molecule has 0 N–H and O–H groups in total. The van der Waals surface area contributed by atoms with E-state index >= 15 is 0 Å². The zero-order valence-corrected chi connectivity index (χ0v) is 21.3. The molecule has 3 aromatic carbocycles.